The van der Waals surface area contributed by atoms with Crippen molar-refractivity contribution >= 4 is 61.5 Å². The largest absolute Gasteiger partial charge is 0.506 e. The molecule has 0 aliphatic carbocycles. The summed E-state index contributed by atoms with van der Waals surface area (Å²) in [7, 11) is 0. The van der Waals surface area contributed by atoms with E-state index in [0.29, 0.717) is 24.2 Å². The number of aromatic hydroxyl groups is 2. The number of rotatable bonds is 12. The third kappa shape index (κ3) is 9.83. The summed E-state index contributed by atoms with van der Waals surface area (Å²) in [6.07, 6.45) is 0.957. The number of hydrogen-bond donors (Lipinski definition) is 3. The number of esters is 2. The van der Waals surface area contributed by atoms with E-state index in [9.17, 15) is 24.6 Å². The summed E-state index contributed by atoms with van der Waals surface area (Å²) in [6.45, 7) is 4.99. The summed E-state index contributed by atoms with van der Waals surface area (Å²) in [6, 6.07) is 33.7. The van der Waals surface area contributed by atoms with Crippen LogP contribution in [0, 0.1) is 0 Å². The fraction of sp³-hybridized carbons (Fsp3) is 0.159. The number of halogens is 1. The summed E-state index contributed by atoms with van der Waals surface area (Å²) >= 11 is 0. The van der Waals surface area contributed by atoms with Gasteiger partial charge in [-0.1, -0.05) is 67.2 Å². The Balaban J connectivity index is 0.000000228. The Hall–Kier alpha value is -7.68. The molecule has 0 atom stereocenters. The first-order valence-electron chi connectivity index (χ1n) is 18.4. The number of nitrogens with zero attached hydrogens (tertiary/aromatic N) is 6. The number of phenols is 2. The zero-order valence-corrected chi connectivity index (χ0v) is 31.8. The Morgan fingerprint density at radius 2 is 1.00 bits per heavy atom. The van der Waals surface area contributed by atoms with Crippen LogP contribution in [0.4, 0.5) is 4.70 Å². The van der Waals surface area contributed by atoms with Gasteiger partial charge in [0.2, 0.25) is 0 Å². The molecule has 0 bridgehead atoms. The van der Waals surface area contributed by atoms with Crippen LogP contribution in [0.25, 0.3) is 55.0 Å². The Morgan fingerprint density at radius 1 is 0.610 bits per heavy atom. The molecule has 8 rings (SSSR count). The molecule has 0 aliphatic rings. The molecule has 0 saturated heterocycles. The molecule has 0 aliphatic heterocycles. The Kier molecular flexibility index (Phi) is 12.5. The number of carboxylic acids is 1. The number of hydrogen-bond acceptors (Lipinski definition) is 11. The Bertz CT molecular complexity index is 2750. The number of carbonyl (C=O) groups excluding carboxylic acids is 2. The van der Waals surface area contributed by atoms with Crippen molar-refractivity contribution in [2.45, 2.75) is 32.6 Å². The van der Waals surface area contributed by atoms with Gasteiger partial charge in [0.25, 0.3) is 0 Å². The van der Waals surface area contributed by atoms with Gasteiger partial charge < -0.3 is 24.8 Å². The molecule has 0 spiro atoms. The lowest BCUT2D eigenvalue weighted by Gasteiger charge is -2.08. The van der Waals surface area contributed by atoms with Crippen LogP contribution in [-0.4, -0.2) is 76.4 Å². The van der Waals surface area contributed by atoms with Crippen molar-refractivity contribution in [2.75, 3.05) is 13.2 Å². The molecule has 59 heavy (non-hydrogen) atoms. The van der Waals surface area contributed by atoms with Gasteiger partial charge in [-0.15, -0.1) is 30.0 Å². The summed E-state index contributed by atoms with van der Waals surface area (Å²) in [4.78, 5) is 36.8. The van der Waals surface area contributed by atoms with Crippen LogP contribution in [0.5, 0.6) is 11.5 Å². The fourth-order valence-corrected chi connectivity index (χ4v) is 6.17. The van der Waals surface area contributed by atoms with Crippen LogP contribution in [-0.2, 0) is 36.7 Å². The van der Waals surface area contributed by atoms with E-state index in [1.54, 1.807) is 37.3 Å². The highest BCUT2D eigenvalue weighted by Crippen LogP contribution is 2.27. The lowest BCUT2D eigenvalue weighted by Crippen LogP contribution is -2.14. The molecule has 2 heterocycles. The lowest BCUT2D eigenvalue weighted by atomic mass is 10.1. The number of aromatic nitrogens is 6. The van der Waals surface area contributed by atoms with Crippen LogP contribution in [0.2, 0.25) is 0 Å². The second-order valence-corrected chi connectivity index (χ2v) is 13.5. The number of phenolic OH excluding ortho intramolecular Hbond substituents is 2. The lowest BCUT2D eigenvalue weighted by molar-refractivity contribution is -0.150. The number of fused-ring (bicyclic) bond motifs is 4. The molecule has 15 heteroatoms. The Morgan fingerprint density at radius 3 is 1.39 bits per heavy atom. The third-order valence-electron chi connectivity index (χ3n) is 9.18. The summed E-state index contributed by atoms with van der Waals surface area (Å²) in [5.41, 5.74) is 5.67. The number of aliphatic carboxylic acids is 1. The monoisotopic (exact) mass is 801 g/mol. The van der Waals surface area contributed by atoms with E-state index >= 15 is 0 Å². The minimum Gasteiger partial charge on any atom is -0.506 e. The van der Waals surface area contributed by atoms with E-state index in [1.165, 1.54) is 15.7 Å². The van der Waals surface area contributed by atoms with E-state index in [1.807, 2.05) is 72.8 Å². The summed E-state index contributed by atoms with van der Waals surface area (Å²) in [5, 5.41) is 51.6. The molecule has 6 aromatic carbocycles. The summed E-state index contributed by atoms with van der Waals surface area (Å²) in [5.74, 6) is -1.71. The molecule has 0 saturated carbocycles. The molecule has 14 nitrogen and oxygen atoms in total. The quantitative estimate of drug-likeness (QED) is 0.0625. The van der Waals surface area contributed by atoms with Crippen LogP contribution in [0.15, 0.2) is 121 Å². The summed E-state index contributed by atoms with van der Waals surface area (Å²) < 4.78 is 9.97. The fourth-order valence-electron chi connectivity index (χ4n) is 6.17. The Labute approximate surface area is 337 Å². The van der Waals surface area contributed by atoms with Crippen molar-refractivity contribution in [3.05, 3.63) is 132 Å². The smallest absolute Gasteiger partial charge is 0.333 e. The van der Waals surface area contributed by atoms with Crippen molar-refractivity contribution in [3.8, 4) is 22.9 Å². The molecule has 0 fully saturated rings. The van der Waals surface area contributed by atoms with Gasteiger partial charge in [0.05, 0.1) is 0 Å². The maximum atomic E-state index is 12.0. The first kappa shape index (κ1) is 41.0. The van der Waals surface area contributed by atoms with E-state index < -0.39 is 17.9 Å². The number of carbonyl (C=O) groups is 3. The standard InChI is InChI=1S/C25H23N3O5.C19H15N3O3.FH.H2/c1-16(2)25(31)33-12-11-32-24(30)10-8-17-7-9-23(29)22(13-17)28-26-20-14-18-5-3-4-6-19(18)15-21(20)27-28;23-18-7-5-12(6-8-19(24)25)9-17(18)22-20-15-10-13-3-1-2-4-14(13)11-16(15)21-22;;/h3-7,9,13-15,29H,1,8,10-12H2,2H3;1-5,7,9-11,23H,6,8H2,(H,24,25);2*1H/i;;;1+1. The molecule has 2 aromatic heterocycles. The highest BCUT2D eigenvalue weighted by atomic mass is 19.0. The van der Waals surface area contributed by atoms with Gasteiger partial charge in [0.15, 0.2) is 0 Å². The van der Waals surface area contributed by atoms with Gasteiger partial charge in [-0.05, 0) is 101 Å². The SMILES string of the molecule is C=C(C)C(=O)OCCOC(=O)CCc1ccc(O)c(-n2nc3cc4ccccc4cc3n2)c1.F.O=C(O)CCc1ccc(O)c(-n2nc3cc4ccccc4cc3n2)c1.[2HH]. The normalized spacial score (nSPS) is 10.9. The van der Waals surface area contributed by atoms with Crippen molar-refractivity contribution in [1.29, 1.82) is 0 Å². The number of ether oxygens (including phenoxy) is 2. The molecule has 0 unspecified atom stereocenters. The minimum absolute atomic E-state index is 0. The number of carboxylic acid groups (broad SMARTS) is 1. The van der Waals surface area contributed by atoms with Crippen molar-refractivity contribution in [2.24, 2.45) is 0 Å². The van der Waals surface area contributed by atoms with E-state index in [0.717, 1.165) is 54.7 Å². The van der Waals surface area contributed by atoms with Gasteiger partial charge in [0.1, 0.15) is 58.2 Å². The average Bonchev–Trinajstić information content (AvgIpc) is 3.83. The zero-order valence-electron chi connectivity index (χ0n) is 31.8. The van der Waals surface area contributed by atoms with Gasteiger partial charge in [-0.3, -0.25) is 14.3 Å². The second kappa shape index (κ2) is 18.1. The predicted octanol–water partition coefficient (Wildman–Crippen LogP) is 7.57. The molecule has 0 radical (unpaired) electrons. The van der Waals surface area contributed by atoms with Crippen molar-refractivity contribution < 1.29 is 45.3 Å². The van der Waals surface area contributed by atoms with Crippen LogP contribution in [0.3, 0.4) is 0 Å². The van der Waals surface area contributed by atoms with Gasteiger partial charge in [-0.2, -0.15) is 0 Å². The topological polar surface area (TPSA) is 192 Å². The van der Waals surface area contributed by atoms with Crippen LogP contribution >= 0.6 is 0 Å². The van der Waals surface area contributed by atoms with E-state index in [4.69, 9.17) is 14.6 Å². The maximum Gasteiger partial charge on any atom is 0.333 e. The van der Waals surface area contributed by atoms with Crippen LogP contribution in [0.1, 0.15) is 32.3 Å². The second-order valence-electron chi connectivity index (χ2n) is 13.5. The van der Waals surface area contributed by atoms with Crippen molar-refractivity contribution in [1.82, 2.24) is 30.0 Å². The predicted molar refractivity (Wildman–Crippen MR) is 222 cm³/mol. The molecular formula is C44H41FN6O8. The first-order chi connectivity index (χ1) is 28.0. The molecular weight excluding hydrogens is 760 g/mol. The number of aryl methyl sites for hydroxylation is 2. The van der Waals surface area contributed by atoms with Crippen LogP contribution < -0.4 is 0 Å². The molecule has 0 amide bonds. The first-order valence-corrected chi connectivity index (χ1v) is 18.4. The van der Waals surface area contributed by atoms with Gasteiger partial charge >= 0.3 is 17.9 Å². The highest BCUT2D eigenvalue weighted by molar-refractivity contribution is 5.95. The average molecular weight is 802 g/mol. The zero-order chi connectivity index (χ0) is 40.8. The maximum absolute atomic E-state index is 12.0. The third-order valence-corrected chi connectivity index (χ3v) is 9.18. The van der Waals surface area contributed by atoms with Gasteiger partial charge in [-0.25, -0.2) is 4.79 Å². The molecule has 8 aromatic rings. The molecule has 302 valence electrons. The van der Waals surface area contributed by atoms with Crippen molar-refractivity contribution in [3.63, 3.8) is 0 Å². The minimum atomic E-state index is -0.857. The molecule has 3 N–H and O–H groups in total. The van der Waals surface area contributed by atoms with E-state index in [-0.39, 0.29) is 49.3 Å². The number of benzene rings is 6. The van der Waals surface area contributed by atoms with E-state index in [2.05, 4.69) is 27.0 Å². The highest BCUT2D eigenvalue weighted by Gasteiger charge is 2.14. The van der Waals surface area contributed by atoms with Gasteiger partial charge in [0, 0.05) is 19.8 Å².